The monoisotopic (exact) mass is 312 g/mol. The minimum atomic E-state index is -1.00. The Hall–Kier alpha value is -3.49. The van der Waals surface area contributed by atoms with Gasteiger partial charge in [-0.05, 0) is 24.3 Å². The molecule has 0 saturated heterocycles. The minimum Gasteiger partial charge on any atom is -0.480 e. The summed E-state index contributed by atoms with van der Waals surface area (Å²) in [4.78, 5) is 22.7. The Morgan fingerprint density at radius 3 is 2.57 bits per heavy atom. The molecule has 3 rings (SSSR count). The molecule has 1 aromatic carbocycles. The lowest BCUT2D eigenvalue weighted by Crippen LogP contribution is -2.14. The van der Waals surface area contributed by atoms with Crippen LogP contribution in [0.2, 0.25) is 0 Å². The van der Waals surface area contributed by atoms with E-state index < -0.39 is 5.97 Å². The van der Waals surface area contributed by atoms with E-state index in [-0.39, 0.29) is 18.3 Å². The van der Waals surface area contributed by atoms with Gasteiger partial charge < -0.3 is 10.4 Å². The molecule has 0 aliphatic carbocycles. The van der Waals surface area contributed by atoms with Gasteiger partial charge in [-0.3, -0.25) is 14.3 Å². The lowest BCUT2D eigenvalue weighted by atomic mass is 10.2. The predicted octanol–water partition coefficient (Wildman–Crippen LogP) is 0.801. The van der Waals surface area contributed by atoms with Gasteiger partial charge in [-0.25, -0.2) is 4.68 Å². The van der Waals surface area contributed by atoms with Crippen molar-refractivity contribution in [2.45, 2.75) is 6.54 Å². The van der Waals surface area contributed by atoms with Crippen LogP contribution in [0.4, 0.5) is 5.82 Å². The van der Waals surface area contributed by atoms with E-state index in [1.54, 1.807) is 41.3 Å². The highest BCUT2D eigenvalue weighted by molar-refractivity contribution is 6.03. The van der Waals surface area contributed by atoms with E-state index >= 15 is 0 Å². The summed E-state index contributed by atoms with van der Waals surface area (Å²) in [6, 6.07) is 8.32. The summed E-state index contributed by atoms with van der Waals surface area (Å²) in [5.74, 6) is -1.05. The Morgan fingerprint density at radius 2 is 1.91 bits per heavy atom. The minimum absolute atomic E-state index is 0.261. The van der Waals surface area contributed by atoms with Crippen LogP contribution in [0.5, 0.6) is 0 Å². The molecule has 116 valence electrons. The highest BCUT2D eigenvalue weighted by Crippen LogP contribution is 2.10. The van der Waals surface area contributed by atoms with Crippen molar-refractivity contribution in [3.8, 4) is 5.69 Å². The molecule has 0 spiro atoms. The number of anilines is 1. The molecule has 2 N–H and O–H groups in total. The van der Waals surface area contributed by atoms with Gasteiger partial charge in [-0.2, -0.15) is 5.10 Å². The molecule has 0 aliphatic heterocycles. The second-order valence-electron chi connectivity index (χ2n) is 4.64. The summed E-state index contributed by atoms with van der Waals surface area (Å²) in [6.45, 7) is -0.261. The fraction of sp³-hybridized carbons (Fsp3) is 0.0714. The maximum Gasteiger partial charge on any atom is 0.325 e. The average molecular weight is 312 g/mol. The molecular weight excluding hydrogens is 300 g/mol. The van der Waals surface area contributed by atoms with E-state index in [1.807, 2.05) is 0 Å². The van der Waals surface area contributed by atoms with Gasteiger partial charge in [0.05, 0.1) is 18.1 Å². The van der Waals surface area contributed by atoms with E-state index in [2.05, 4.69) is 20.7 Å². The fourth-order valence-electron chi connectivity index (χ4n) is 1.95. The van der Waals surface area contributed by atoms with E-state index in [1.165, 1.54) is 16.9 Å². The van der Waals surface area contributed by atoms with Crippen molar-refractivity contribution in [1.29, 1.82) is 0 Å². The summed E-state index contributed by atoms with van der Waals surface area (Å²) in [6.07, 6.45) is 4.75. The smallest absolute Gasteiger partial charge is 0.325 e. The third kappa shape index (κ3) is 3.40. The van der Waals surface area contributed by atoms with Crippen LogP contribution in [0.1, 0.15) is 10.4 Å². The van der Waals surface area contributed by atoms with Gasteiger partial charge in [0, 0.05) is 17.8 Å². The SMILES string of the molecule is O=C(O)Cn1ccc(NC(=O)c2ccc(-n3ccnn3)cc2)n1. The molecule has 9 nitrogen and oxygen atoms in total. The van der Waals surface area contributed by atoms with Crippen molar-refractivity contribution in [2.75, 3.05) is 5.32 Å². The number of nitrogens with zero attached hydrogens (tertiary/aromatic N) is 5. The van der Waals surface area contributed by atoms with Crippen LogP contribution in [-0.2, 0) is 11.3 Å². The standard InChI is InChI=1S/C14H12N6O3/c21-13(22)9-19-7-5-12(17-19)16-14(23)10-1-3-11(4-2-10)20-8-6-15-18-20/h1-8H,9H2,(H,21,22)(H,16,17,23). The molecule has 1 amide bonds. The topological polar surface area (TPSA) is 115 Å². The summed E-state index contributed by atoms with van der Waals surface area (Å²) in [5, 5.41) is 22.8. The number of amides is 1. The number of aliphatic carboxylic acids is 1. The summed E-state index contributed by atoms with van der Waals surface area (Å²) in [5.41, 5.74) is 1.23. The van der Waals surface area contributed by atoms with Gasteiger partial charge in [0.25, 0.3) is 5.91 Å². The molecule has 2 aromatic heterocycles. The number of carbonyl (C=O) groups excluding carboxylic acids is 1. The van der Waals surface area contributed by atoms with Crippen LogP contribution in [0, 0.1) is 0 Å². The second kappa shape index (κ2) is 6.10. The summed E-state index contributed by atoms with van der Waals surface area (Å²) < 4.78 is 2.81. The van der Waals surface area contributed by atoms with Crippen LogP contribution in [0.3, 0.4) is 0 Å². The van der Waals surface area contributed by atoms with Crippen LogP contribution >= 0.6 is 0 Å². The predicted molar refractivity (Wildman–Crippen MR) is 79.2 cm³/mol. The zero-order valence-corrected chi connectivity index (χ0v) is 11.8. The molecule has 3 aromatic rings. The van der Waals surface area contributed by atoms with Crippen LogP contribution in [0.15, 0.2) is 48.9 Å². The number of aromatic nitrogens is 5. The molecule has 0 atom stereocenters. The maximum atomic E-state index is 12.1. The zero-order valence-electron chi connectivity index (χ0n) is 11.8. The van der Waals surface area contributed by atoms with E-state index in [0.717, 1.165) is 5.69 Å². The Bertz CT molecular complexity index is 823. The molecule has 0 fully saturated rings. The third-order valence-corrected chi connectivity index (χ3v) is 3.00. The Labute approximate surface area is 130 Å². The van der Waals surface area contributed by atoms with Crippen molar-refractivity contribution in [1.82, 2.24) is 24.8 Å². The molecular formula is C14H12N6O3. The van der Waals surface area contributed by atoms with Crippen LogP contribution < -0.4 is 5.32 Å². The normalized spacial score (nSPS) is 10.4. The van der Waals surface area contributed by atoms with Crippen molar-refractivity contribution >= 4 is 17.7 Å². The number of hydrogen-bond donors (Lipinski definition) is 2. The molecule has 0 aliphatic rings. The molecule has 0 radical (unpaired) electrons. The zero-order chi connectivity index (χ0) is 16.2. The number of benzene rings is 1. The quantitative estimate of drug-likeness (QED) is 0.720. The van der Waals surface area contributed by atoms with Gasteiger partial charge in [0.1, 0.15) is 6.54 Å². The van der Waals surface area contributed by atoms with Crippen molar-refractivity contribution in [3.05, 3.63) is 54.5 Å². The fourth-order valence-corrected chi connectivity index (χ4v) is 1.95. The van der Waals surface area contributed by atoms with Gasteiger partial charge in [-0.15, -0.1) is 5.10 Å². The number of carboxylic acid groups (broad SMARTS) is 1. The van der Waals surface area contributed by atoms with Gasteiger partial charge in [0.15, 0.2) is 5.82 Å². The van der Waals surface area contributed by atoms with Gasteiger partial charge in [-0.1, -0.05) is 5.21 Å². The van der Waals surface area contributed by atoms with E-state index in [4.69, 9.17) is 5.11 Å². The number of carboxylic acids is 1. The summed E-state index contributed by atoms with van der Waals surface area (Å²) in [7, 11) is 0. The van der Waals surface area contributed by atoms with E-state index in [0.29, 0.717) is 5.56 Å². The molecule has 2 heterocycles. The first-order chi connectivity index (χ1) is 11.1. The highest BCUT2D eigenvalue weighted by atomic mass is 16.4. The molecule has 23 heavy (non-hydrogen) atoms. The number of hydrogen-bond acceptors (Lipinski definition) is 5. The van der Waals surface area contributed by atoms with Gasteiger partial charge in [0.2, 0.25) is 0 Å². The largest absolute Gasteiger partial charge is 0.480 e. The Kier molecular flexibility index (Phi) is 3.83. The first-order valence-electron chi connectivity index (χ1n) is 6.65. The Morgan fingerprint density at radius 1 is 1.13 bits per heavy atom. The number of nitrogens with one attached hydrogen (secondary N) is 1. The third-order valence-electron chi connectivity index (χ3n) is 3.00. The highest BCUT2D eigenvalue weighted by Gasteiger charge is 2.09. The van der Waals surface area contributed by atoms with Crippen LogP contribution in [-0.4, -0.2) is 41.8 Å². The first-order valence-corrected chi connectivity index (χ1v) is 6.65. The number of carbonyl (C=O) groups is 2. The lowest BCUT2D eigenvalue weighted by Gasteiger charge is -2.04. The molecule has 0 bridgehead atoms. The number of rotatable bonds is 5. The summed E-state index contributed by atoms with van der Waals surface area (Å²) >= 11 is 0. The second-order valence-corrected chi connectivity index (χ2v) is 4.64. The molecule has 0 unspecified atom stereocenters. The van der Waals surface area contributed by atoms with Crippen molar-refractivity contribution < 1.29 is 14.7 Å². The Balaban J connectivity index is 1.68. The van der Waals surface area contributed by atoms with E-state index in [9.17, 15) is 9.59 Å². The average Bonchev–Trinajstić information content (AvgIpc) is 3.19. The first kappa shape index (κ1) is 14.4. The van der Waals surface area contributed by atoms with Crippen molar-refractivity contribution in [3.63, 3.8) is 0 Å². The van der Waals surface area contributed by atoms with Gasteiger partial charge >= 0.3 is 5.97 Å². The lowest BCUT2D eigenvalue weighted by molar-refractivity contribution is -0.137. The maximum absolute atomic E-state index is 12.1. The van der Waals surface area contributed by atoms with Crippen LogP contribution in [0.25, 0.3) is 5.69 Å². The molecule has 9 heteroatoms. The van der Waals surface area contributed by atoms with Crippen molar-refractivity contribution in [2.24, 2.45) is 0 Å². The molecule has 0 saturated carbocycles.